The smallest absolute Gasteiger partial charge is 0.407 e. The van der Waals surface area contributed by atoms with Crippen molar-refractivity contribution in [2.75, 3.05) is 6.54 Å². The van der Waals surface area contributed by atoms with Crippen LogP contribution in [0.3, 0.4) is 0 Å². The molecule has 0 spiro atoms. The molecule has 0 aliphatic rings. The van der Waals surface area contributed by atoms with Crippen LogP contribution in [0, 0.1) is 0 Å². The van der Waals surface area contributed by atoms with Crippen molar-refractivity contribution in [3.63, 3.8) is 0 Å². The summed E-state index contributed by atoms with van der Waals surface area (Å²) in [5.74, 6) is 0.994. The Labute approximate surface area is 173 Å². The molecule has 1 amide bonds. The first-order valence-corrected chi connectivity index (χ1v) is 10.5. The molecule has 0 aliphatic carbocycles. The fraction of sp³-hybridized carbons (Fsp3) is 0.476. The number of carbonyl (C=O) groups is 1. The first-order chi connectivity index (χ1) is 13.2. The number of benzene rings is 1. The maximum absolute atomic E-state index is 11.8. The molecule has 1 aromatic carbocycles. The van der Waals surface area contributed by atoms with Gasteiger partial charge in [-0.2, -0.15) is 0 Å². The first-order valence-electron chi connectivity index (χ1n) is 9.66. The Morgan fingerprint density at radius 1 is 1.29 bits per heavy atom. The van der Waals surface area contributed by atoms with Gasteiger partial charge in [0.25, 0.3) is 0 Å². The maximum Gasteiger partial charge on any atom is 0.407 e. The van der Waals surface area contributed by atoms with E-state index in [2.05, 4.69) is 38.5 Å². The van der Waals surface area contributed by atoms with Crippen molar-refractivity contribution in [3.8, 4) is 0 Å². The number of aromatic nitrogens is 3. The second-order valence-corrected chi connectivity index (χ2v) is 8.96. The Balaban J connectivity index is 2.10. The van der Waals surface area contributed by atoms with Crippen molar-refractivity contribution < 1.29 is 9.90 Å². The van der Waals surface area contributed by atoms with Gasteiger partial charge in [0.15, 0.2) is 0 Å². The van der Waals surface area contributed by atoms with E-state index in [1.165, 1.54) is 4.90 Å². The van der Waals surface area contributed by atoms with Crippen LogP contribution < -0.4 is 0 Å². The van der Waals surface area contributed by atoms with Crippen LogP contribution in [-0.4, -0.2) is 42.7 Å². The second kappa shape index (κ2) is 8.07. The number of aryl methyl sites for hydroxylation is 1. The number of fused-ring (bicyclic) bond motifs is 3. The summed E-state index contributed by atoms with van der Waals surface area (Å²) >= 11 is 3.51. The third kappa shape index (κ3) is 4.14. The number of hydrogen-bond acceptors (Lipinski definition) is 3. The molecule has 0 saturated heterocycles. The molecule has 0 saturated carbocycles. The van der Waals surface area contributed by atoms with Gasteiger partial charge in [-0.05, 0) is 45.4 Å². The number of imidazole rings is 1. The summed E-state index contributed by atoms with van der Waals surface area (Å²) in [4.78, 5) is 22.6. The highest BCUT2D eigenvalue weighted by atomic mass is 79.9. The molecule has 1 N–H and O–H groups in total. The lowest BCUT2D eigenvalue weighted by Crippen LogP contribution is -2.46. The van der Waals surface area contributed by atoms with E-state index in [0.29, 0.717) is 13.1 Å². The van der Waals surface area contributed by atoms with Crippen LogP contribution >= 0.6 is 15.9 Å². The summed E-state index contributed by atoms with van der Waals surface area (Å²) in [6.07, 6.45) is 3.91. The minimum Gasteiger partial charge on any atom is -0.465 e. The molecule has 3 aromatic rings. The van der Waals surface area contributed by atoms with E-state index in [9.17, 15) is 9.90 Å². The average molecular weight is 447 g/mol. The lowest BCUT2D eigenvalue weighted by Gasteiger charge is -2.33. The summed E-state index contributed by atoms with van der Waals surface area (Å²) in [5, 5.41) is 10.7. The molecule has 28 heavy (non-hydrogen) atoms. The van der Waals surface area contributed by atoms with Crippen molar-refractivity contribution in [1.82, 2.24) is 19.4 Å². The Morgan fingerprint density at radius 2 is 2.04 bits per heavy atom. The highest BCUT2D eigenvalue weighted by Gasteiger charge is 2.26. The van der Waals surface area contributed by atoms with Crippen molar-refractivity contribution in [2.45, 2.75) is 59.0 Å². The maximum atomic E-state index is 11.8. The van der Waals surface area contributed by atoms with Crippen LogP contribution in [0.5, 0.6) is 0 Å². The van der Waals surface area contributed by atoms with Gasteiger partial charge in [-0.1, -0.05) is 29.3 Å². The molecule has 2 heterocycles. The van der Waals surface area contributed by atoms with E-state index < -0.39 is 11.6 Å². The molecule has 0 bridgehead atoms. The van der Waals surface area contributed by atoms with Crippen LogP contribution in [0.25, 0.3) is 21.9 Å². The fourth-order valence-electron chi connectivity index (χ4n) is 3.52. The van der Waals surface area contributed by atoms with E-state index in [-0.39, 0.29) is 0 Å². The predicted molar refractivity (Wildman–Crippen MR) is 116 cm³/mol. The Kier molecular flexibility index (Phi) is 5.93. The SMILES string of the molecule is CCCCc1nc2cnc3cc(Br)ccc3c2n1CCN(C(=O)O)C(C)(C)C. The molecule has 2 aromatic heterocycles. The largest absolute Gasteiger partial charge is 0.465 e. The van der Waals surface area contributed by atoms with Crippen molar-refractivity contribution in [3.05, 3.63) is 34.7 Å². The van der Waals surface area contributed by atoms with E-state index >= 15 is 0 Å². The first kappa shape index (κ1) is 20.6. The fourth-order valence-corrected chi connectivity index (χ4v) is 3.87. The summed E-state index contributed by atoms with van der Waals surface area (Å²) in [6.45, 7) is 8.89. The van der Waals surface area contributed by atoms with Gasteiger partial charge < -0.3 is 14.6 Å². The molecule has 0 unspecified atom stereocenters. The van der Waals surface area contributed by atoms with Gasteiger partial charge in [0, 0.05) is 34.9 Å². The van der Waals surface area contributed by atoms with Gasteiger partial charge in [0.05, 0.1) is 17.2 Å². The Hall–Kier alpha value is -2.15. The summed E-state index contributed by atoms with van der Waals surface area (Å²) in [6, 6.07) is 6.05. The van der Waals surface area contributed by atoms with Gasteiger partial charge >= 0.3 is 6.09 Å². The van der Waals surface area contributed by atoms with Gasteiger partial charge in [-0.25, -0.2) is 9.78 Å². The average Bonchev–Trinajstić information content (AvgIpc) is 2.96. The lowest BCUT2D eigenvalue weighted by atomic mass is 10.1. The standard InChI is InChI=1S/C21H27BrN4O2/c1-5-6-7-18-24-17-13-23-16-12-14(22)8-9-15(16)19(17)25(18)10-11-26(20(27)28)21(2,3)4/h8-9,12-13H,5-7,10-11H2,1-4H3,(H,27,28). The molecule has 150 valence electrons. The van der Waals surface area contributed by atoms with Crippen molar-refractivity contribution in [1.29, 1.82) is 0 Å². The van der Waals surface area contributed by atoms with Gasteiger partial charge in [-0.3, -0.25) is 4.98 Å². The molecule has 0 aliphatic heterocycles. The van der Waals surface area contributed by atoms with Gasteiger partial charge in [0.1, 0.15) is 11.3 Å². The number of unbranched alkanes of at least 4 members (excludes halogenated alkanes) is 1. The zero-order valence-corrected chi connectivity index (χ0v) is 18.5. The quantitative estimate of drug-likeness (QED) is 0.544. The number of halogens is 1. The highest BCUT2D eigenvalue weighted by Crippen LogP contribution is 2.28. The molecule has 7 heteroatoms. The minimum absolute atomic E-state index is 0.407. The van der Waals surface area contributed by atoms with Crippen LogP contribution in [0.1, 0.15) is 46.4 Å². The molecule has 6 nitrogen and oxygen atoms in total. The Bertz CT molecular complexity index is 1010. The number of pyridine rings is 1. The zero-order chi connectivity index (χ0) is 20.5. The van der Waals surface area contributed by atoms with Crippen LogP contribution in [-0.2, 0) is 13.0 Å². The van der Waals surface area contributed by atoms with Gasteiger partial charge in [0.2, 0.25) is 0 Å². The zero-order valence-electron chi connectivity index (χ0n) is 16.9. The number of nitrogens with zero attached hydrogens (tertiary/aromatic N) is 4. The summed E-state index contributed by atoms with van der Waals surface area (Å²) in [5.41, 5.74) is 2.33. The Morgan fingerprint density at radius 3 is 2.68 bits per heavy atom. The molecule has 0 atom stereocenters. The number of amides is 1. The van der Waals surface area contributed by atoms with E-state index in [1.807, 2.05) is 39.1 Å². The summed E-state index contributed by atoms with van der Waals surface area (Å²) in [7, 11) is 0. The molecule has 0 fully saturated rings. The number of carboxylic acid groups (broad SMARTS) is 1. The lowest BCUT2D eigenvalue weighted by molar-refractivity contribution is 0.0979. The second-order valence-electron chi connectivity index (χ2n) is 8.04. The van der Waals surface area contributed by atoms with E-state index in [4.69, 9.17) is 4.98 Å². The van der Waals surface area contributed by atoms with Crippen LogP contribution in [0.2, 0.25) is 0 Å². The monoisotopic (exact) mass is 446 g/mol. The number of rotatable bonds is 6. The van der Waals surface area contributed by atoms with Crippen molar-refractivity contribution in [2.24, 2.45) is 0 Å². The van der Waals surface area contributed by atoms with E-state index in [1.54, 1.807) is 0 Å². The third-order valence-corrected chi connectivity index (χ3v) is 5.45. The summed E-state index contributed by atoms with van der Waals surface area (Å²) < 4.78 is 3.17. The molecular formula is C21H27BrN4O2. The molecule has 3 rings (SSSR count). The predicted octanol–water partition coefficient (Wildman–Crippen LogP) is 5.47. The topological polar surface area (TPSA) is 71.2 Å². The third-order valence-electron chi connectivity index (χ3n) is 4.96. The molecular weight excluding hydrogens is 420 g/mol. The van der Waals surface area contributed by atoms with E-state index in [0.717, 1.165) is 51.5 Å². The highest BCUT2D eigenvalue weighted by molar-refractivity contribution is 9.10. The molecule has 0 radical (unpaired) electrons. The normalized spacial score (nSPS) is 12.0. The van der Waals surface area contributed by atoms with Crippen LogP contribution in [0.4, 0.5) is 4.79 Å². The number of hydrogen-bond donors (Lipinski definition) is 1. The minimum atomic E-state index is -0.900. The van der Waals surface area contributed by atoms with Crippen molar-refractivity contribution >= 4 is 44.0 Å². The van der Waals surface area contributed by atoms with Gasteiger partial charge in [-0.15, -0.1) is 0 Å². The van der Waals surface area contributed by atoms with Crippen LogP contribution in [0.15, 0.2) is 28.9 Å².